The lowest BCUT2D eigenvalue weighted by molar-refractivity contribution is -0.133. The summed E-state index contributed by atoms with van der Waals surface area (Å²) in [5.74, 6) is -0.511. The first-order valence-corrected chi connectivity index (χ1v) is 13.9. The standard InChI is InChI=1S/C27H29N3O4S2/c1-4-15-29(36(33,34)22-11-9-21(10-12-22)28-20(3)31)18-26(32)30-16-13-25-24(14-17-35-25)27(30)23-8-6-5-7-19(23)2/h4-12,14,17,27H,1,13,15-16,18H2,2-3H3,(H,28,31). The van der Waals surface area contributed by atoms with Gasteiger partial charge < -0.3 is 10.2 Å². The molecule has 0 bridgehead atoms. The SMILES string of the molecule is C=CCN(CC(=O)N1CCc2sccc2C1c1ccccc1C)S(=O)(=O)c1ccc(NC(C)=O)cc1. The topological polar surface area (TPSA) is 86.8 Å². The molecule has 1 unspecified atom stereocenters. The second-order valence-electron chi connectivity index (χ2n) is 8.69. The number of carbonyl (C=O) groups excluding carboxylic acids is 2. The van der Waals surface area contributed by atoms with Crippen molar-refractivity contribution in [1.82, 2.24) is 9.21 Å². The summed E-state index contributed by atoms with van der Waals surface area (Å²) >= 11 is 1.69. The highest BCUT2D eigenvalue weighted by atomic mass is 32.2. The molecule has 0 radical (unpaired) electrons. The highest BCUT2D eigenvalue weighted by Crippen LogP contribution is 2.39. The molecular weight excluding hydrogens is 494 g/mol. The Bertz CT molecular complexity index is 1380. The van der Waals surface area contributed by atoms with E-state index in [1.807, 2.05) is 36.6 Å². The number of rotatable bonds is 8. The molecule has 1 aromatic heterocycles. The molecule has 3 aromatic rings. The number of hydrogen-bond acceptors (Lipinski definition) is 5. The van der Waals surface area contributed by atoms with Crippen LogP contribution in [0.4, 0.5) is 5.69 Å². The minimum Gasteiger partial charge on any atom is -0.330 e. The fourth-order valence-electron chi connectivity index (χ4n) is 4.51. The molecule has 2 aromatic carbocycles. The normalized spacial score (nSPS) is 15.4. The van der Waals surface area contributed by atoms with E-state index < -0.39 is 10.0 Å². The Labute approximate surface area is 216 Å². The molecule has 2 amide bonds. The van der Waals surface area contributed by atoms with E-state index in [0.717, 1.165) is 27.4 Å². The zero-order valence-electron chi connectivity index (χ0n) is 20.3. The number of nitrogens with zero attached hydrogens (tertiary/aromatic N) is 2. The third-order valence-corrected chi connectivity index (χ3v) is 9.05. The van der Waals surface area contributed by atoms with Gasteiger partial charge in [0.2, 0.25) is 21.8 Å². The van der Waals surface area contributed by atoms with Gasteiger partial charge in [-0.1, -0.05) is 30.3 Å². The van der Waals surface area contributed by atoms with E-state index in [9.17, 15) is 18.0 Å². The van der Waals surface area contributed by atoms with Crippen molar-refractivity contribution in [3.8, 4) is 0 Å². The van der Waals surface area contributed by atoms with Crippen LogP contribution in [-0.2, 0) is 26.0 Å². The van der Waals surface area contributed by atoms with Gasteiger partial charge in [0, 0.05) is 30.6 Å². The molecule has 36 heavy (non-hydrogen) atoms. The van der Waals surface area contributed by atoms with E-state index in [0.29, 0.717) is 12.2 Å². The minimum atomic E-state index is -3.98. The Balaban J connectivity index is 1.63. The number of sulfonamides is 1. The maximum absolute atomic E-state index is 13.7. The molecule has 1 aliphatic heterocycles. The second-order valence-corrected chi connectivity index (χ2v) is 11.6. The molecule has 9 heteroatoms. The van der Waals surface area contributed by atoms with Crippen molar-refractivity contribution in [3.05, 3.63) is 94.2 Å². The maximum Gasteiger partial charge on any atom is 0.243 e. The molecule has 0 aliphatic carbocycles. The van der Waals surface area contributed by atoms with E-state index in [1.165, 1.54) is 42.1 Å². The van der Waals surface area contributed by atoms with Crippen LogP contribution in [-0.4, -0.2) is 49.1 Å². The number of hydrogen-bond donors (Lipinski definition) is 1. The Morgan fingerprint density at radius 2 is 1.86 bits per heavy atom. The molecule has 1 aliphatic rings. The summed E-state index contributed by atoms with van der Waals surface area (Å²) in [7, 11) is -3.98. The first kappa shape index (κ1) is 25.8. The fourth-order valence-corrected chi connectivity index (χ4v) is 6.77. The lowest BCUT2D eigenvalue weighted by Crippen LogP contribution is -2.46. The number of amides is 2. The van der Waals surface area contributed by atoms with Crippen LogP contribution in [0.2, 0.25) is 0 Å². The van der Waals surface area contributed by atoms with Gasteiger partial charge in [-0.25, -0.2) is 8.42 Å². The first-order valence-electron chi connectivity index (χ1n) is 11.6. The largest absolute Gasteiger partial charge is 0.330 e. The Morgan fingerprint density at radius 1 is 1.14 bits per heavy atom. The smallest absolute Gasteiger partial charge is 0.243 e. The summed E-state index contributed by atoms with van der Waals surface area (Å²) < 4.78 is 28.1. The molecular formula is C27H29N3O4S2. The molecule has 1 N–H and O–H groups in total. The van der Waals surface area contributed by atoms with Crippen molar-refractivity contribution in [2.24, 2.45) is 0 Å². The number of benzene rings is 2. The van der Waals surface area contributed by atoms with Gasteiger partial charge in [0.1, 0.15) is 0 Å². The van der Waals surface area contributed by atoms with Crippen molar-refractivity contribution in [2.75, 3.05) is 25.0 Å². The molecule has 0 spiro atoms. The summed E-state index contributed by atoms with van der Waals surface area (Å²) in [5.41, 5.74) is 3.71. The van der Waals surface area contributed by atoms with Crippen LogP contribution in [0, 0.1) is 6.92 Å². The van der Waals surface area contributed by atoms with Crippen molar-refractivity contribution in [1.29, 1.82) is 0 Å². The van der Waals surface area contributed by atoms with Crippen LogP contribution < -0.4 is 5.32 Å². The highest BCUT2D eigenvalue weighted by molar-refractivity contribution is 7.89. The van der Waals surface area contributed by atoms with Gasteiger partial charge in [0.25, 0.3) is 0 Å². The van der Waals surface area contributed by atoms with Gasteiger partial charge in [-0.2, -0.15) is 4.31 Å². The van der Waals surface area contributed by atoms with Crippen LogP contribution in [0.5, 0.6) is 0 Å². The van der Waals surface area contributed by atoms with Crippen LogP contribution in [0.25, 0.3) is 0 Å². The molecule has 0 fully saturated rings. The zero-order valence-corrected chi connectivity index (χ0v) is 21.9. The summed E-state index contributed by atoms with van der Waals surface area (Å²) in [4.78, 5) is 28.1. The van der Waals surface area contributed by atoms with Gasteiger partial charge in [-0.3, -0.25) is 9.59 Å². The summed E-state index contributed by atoms with van der Waals surface area (Å²) in [5, 5.41) is 4.67. The number of carbonyl (C=O) groups is 2. The predicted molar refractivity (Wildman–Crippen MR) is 142 cm³/mol. The van der Waals surface area contributed by atoms with Gasteiger partial charge in [-0.05, 0) is 65.7 Å². The molecule has 4 rings (SSSR count). The van der Waals surface area contributed by atoms with E-state index >= 15 is 0 Å². The van der Waals surface area contributed by atoms with E-state index in [1.54, 1.807) is 16.2 Å². The number of fused-ring (bicyclic) bond motifs is 1. The van der Waals surface area contributed by atoms with E-state index in [-0.39, 0.29) is 35.8 Å². The number of anilines is 1. The third-order valence-electron chi connectivity index (χ3n) is 6.23. The quantitative estimate of drug-likeness (QED) is 0.445. The van der Waals surface area contributed by atoms with Crippen molar-refractivity contribution >= 4 is 38.9 Å². The molecule has 188 valence electrons. The van der Waals surface area contributed by atoms with Gasteiger partial charge in [0.05, 0.1) is 17.5 Å². The monoisotopic (exact) mass is 523 g/mol. The second kappa shape index (κ2) is 10.8. The average Bonchev–Trinajstić information content (AvgIpc) is 3.32. The van der Waals surface area contributed by atoms with Gasteiger partial charge in [0.15, 0.2) is 0 Å². The van der Waals surface area contributed by atoms with Crippen LogP contribution >= 0.6 is 11.3 Å². The van der Waals surface area contributed by atoms with Gasteiger partial charge in [-0.15, -0.1) is 17.9 Å². The summed E-state index contributed by atoms with van der Waals surface area (Å²) in [6.45, 7) is 7.31. The molecule has 1 atom stereocenters. The average molecular weight is 524 g/mol. The fraction of sp³-hybridized carbons (Fsp3) is 0.259. The van der Waals surface area contributed by atoms with Crippen LogP contribution in [0.1, 0.15) is 34.5 Å². The highest BCUT2D eigenvalue weighted by Gasteiger charge is 2.35. The predicted octanol–water partition coefficient (Wildman–Crippen LogP) is 4.37. The lowest BCUT2D eigenvalue weighted by Gasteiger charge is -2.38. The number of aryl methyl sites for hydroxylation is 1. The van der Waals surface area contributed by atoms with Crippen molar-refractivity contribution in [2.45, 2.75) is 31.2 Å². The maximum atomic E-state index is 13.7. The Morgan fingerprint density at radius 3 is 2.53 bits per heavy atom. The van der Waals surface area contributed by atoms with Crippen LogP contribution in [0.15, 0.2) is 77.5 Å². The number of thiophene rings is 1. The number of nitrogens with one attached hydrogen (secondary N) is 1. The summed E-state index contributed by atoms with van der Waals surface area (Å²) in [6, 6.07) is 15.7. The van der Waals surface area contributed by atoms with Crippen LogP contribution in [0.3, 0.4) is 0 Å². The third kappa shape index (κ3) is 5.28. The molecule has 0 saturated carbocycles. The zero-order chi connectivity index (χ0) is 25.9. The first-order chi connectivity index (χ1) is 17.2. The van der Waals surface area contributed by atoms with Crippen molar-refractivity contribution < 1.29 is 18.0 Å². The van der Waals surface area contributed by atoms with E-state index in [2.05, 4.69) is 18.0 Å². The Kier molecular flexibility index (Phi) is 7.73. The Hall–Kier alpha value is -3.27. The summed E-state index contributed by atoms with van der Waals surface area (Å²) in [6.07, 6.45) is 2.21. The lowest BCUT2D eigenvalue weighted by atomic mass is 9.90. The van der Waals surface area contributed by atoms with E-state index in [4.69, 9.17) is 0 Å². The van der Waals surface area contributed by atoms with Gasteiger partial charge >= 0.3 is 0 Å². The van der Waals surface area contributed by atoms with Crippen molar-refractivity contribution in [3.63, 3.8) is 0 Å². The molecule has 7 nitrogen and oxygen atoms in total. The minimum absolute atomic E-state index is 0.00586. The molecule has 2 heterocycles. The molecule has 0 saturated heterocycles.